The number of carbonyl (C=O) groups is 1. The molecule has 0 unspecified atom stereocenters. The molecule has 26 heavy (non-hydrogen) atoms. The van der Waals surface area contributed by atoms with Crippen molar-refractivity contribution in [3.05, 3.63) is 64.7 Å². The number of hydrogen-bond donors (Lipinski definition) is 1. The Bertz CT molecular complexity index is 935. The Morgan fingerprint density at radius 3 is 2.96 bits per heavy atom. The first-order chi connectivity index (χ1) is 12.6. The van der Waals surface area contributed by atoms with Gasteiger partial charge in [-0.25, -0.2) is 14.8 Å². The fourth-order valence-corrected chi connectivity index (χ4v) is 3.20. The van der Waals surface area contributed by atoms with Crippen molar-refractivity contribution in [2.75, 3.05) is 6.61 Å². The van der Waals surface area contributed by atoms with Crippen LogP contribution in [-0.2, 0) is 4.79 Å². The summed E-state index contributed by atoms with van der Waals surface area (Å²) in [4.78, 5) is 16.1. The zero-order valence-corrected chi connectivity index (χ0v) is 15.1. The van der Waals surface area contributed by atoms with Crippen LogP contribution in [-0.4, -0.2) is 28.3 Å². The summed E-state index contributed by atoms with van der Waals surface area (Å²) in [6.45, 7) is 3.61. The molecule has 0 atom stereocenters. The molecule has 0 bridgehead atoms. The maximum atomic E-state index is 13.4. The number of hydrazone groups is 1. The molecule has 2 heterocycles. The Morgan fingerprint density at radius 1 is 1.42 bits per heavy atom. The smallest absolute Gasteiger partial charge is 0.277 e. The molecule has 0 saturated heterocycles. The van der Waals surface area contributed by atoms with Crippen molar-refractivity contribution < 1.29 is 13.9 Å². The Morgan fingerprint density at radius 2 is 2.23 bits per heavy atom. The molecule has 0 aliphatic carbocycles. The maximum Gasteiger partial charge on any atom is 0.277 e. The summed E-state index contributed by atoms with van der Waals surface area (Å²) in [5.74, 6) is -0.963. The van der Waals surface area contributed by atoms with Crippen molar-refractivity contribution in [1.29, 1.82) is 0 Å². The Kier molecular flexibility index (Phi) is 5.43. The van der Waals surface area contributed by atoms with Gasteiger partial charge in [0.25, 0.3) is 5.91 Å². The summed E-state index contributed by atoms with van der Waals surface area (Å²) < 4.78 is 20.6. The van der Waals surface area contributed by atoms with Gasteiger partial charge in [-0.2, -0.15) is 5.10 Å². The SMILES string of the molecule is Cc1cc(/C=N\NC(=O)COc2ccccc2F)c(C)n1-c1nccs1. The third kappa shape index (κ3) is 3.97. The Hall–Kier alpha value is -3.00. The predicted octanol–water partition coefficient (Wildman–Crippen LogP) is 3.22. The predicted molar refractivity (Wildman–Crippen MR) is 98.5 cm³/mol. The van der Waals surface area contributed by atoms with Gasteiger partial charge in [-0.15, -0.1) is 11.3 Å². The fraction of sp³-hybridized carbons (Fsp3) is 0.167. The topological polar surface area (TPSA) is 68.5 Å². The Balaban J connectivity index is 1.60. The van der Waals surface area contributed by atoms with E-state index in [0.29, 0.717) is 0 Å². The van der Waals surface area contributed by atoms with Crippen LogP contribution in [0.25, 0.3) is 5.13 Å². The van der Waals surface area contributed by atoms with Gasteiger partial charge in [0.2, 0.25) is 0 Å². The highest BCUT2D eigenvalue weighted by molar-refractivity contribution is 7.12. The first-order valence-electron chi connectivity index (χ1n) is 7.84. The lowest BCUT2D eigenvalue weighted by Crippen LogP contribution is -2.24. The first-order valence-corrected chi connectivity index (χ1v) is 8.72. The van der Waals surface area contributed by atoms with E-state index < -0.39 is 11.7 Å². The number of amides is 1. The zero-order chi connectivity index (χ0) is 18.5. The highest BCUT2D eigenvalue weighted by Gasteiger charge is 2.11. The van der Waals surface area contributed by atoms with Crippen LogP contribution >= 0.6 is 11.3 Å². The molecule has 6 nitrogen and oxygen atoms in total. The zero-order valence-electron chi connectivity index (χ0n) is 14.3. The van der Waals surface area contributed by atoms with Crippen LogP contribution in [0.2, 0.25) is 0 Å². The van der Waals surface area contributed by atoms with Gasteiger partial charge in [0.1, 0.15) is 0 Å². The number of nitrogens with zero attached hydrogens (tertiary/aromatic N) is 3. The second-order valence-corrected chi connectivity index (χ2v) is 6.36. The molecule has 134 valence electrons. The molecule has 1 N–H and O–H groups in total. The highest BCUT2D eigenvalue weighted by Crippen LogP contribution is 2.21. The molecule has 2 aromatic heterocycles. The number of hydrogen-bond acceptors (Lipinski definition) is 5. The summed E-state index contributed by atoms with van der Waals surface area (Å²) in [5, 5.41) is 6.74. The molecule has 0 spiro atoms. The van der Waals surface area contributed by atoms with E-state index in [4.69, 9.17) is 4.74 Å². The molecule has 0 radical (unpaired) electrons. The number of aromatic nitrogens is 2. The van der Waals surface area contributed by atoms with Crippen molar-refractivity contribution in [3.8, 4) is 10.9 Å². The van der Waals surface area contributed by atoms with Crippen LogP contribution in [0.15, 0.2) is 47.0 Å². The van der Waals surface area contributed by atoms with Crippen LogP contribution in [0.5, 0.6) is 5.75 Å². The molecule has 0 aliphatic rings. The van der Waals surface area contributed by atoms with E-state index in [9.17, 15) is 9.18 Å². The van der Waals surface area contributed by atoms with E-state index in [2.05, 4.69) is 15.5 Å². The standard InChI is InChI=1S/C18H17FN4O2S/c1-12-9-14(13(2)23(12)18-20-7-8-26-18)10-21-22-17(24)11-25-16-6-4-3-5-15(16)19/h3-10H,11H2,1-2H3,(H,22,24)/b21-10-. The van der Waals surface area contributed by atoms with Gasteiger partial charge < -0.3 is 4.74 Å². The molecule has 8 heteroatoms. The number of nitrogens with one attached hydrogen (secondary N) is 1. The number of halogens is 1. The third-order valence-electron chi connectivity index (χ3n) is 3.67. The van der Waals surface area contributed by atoms with Gasteiger partial charge in [0.05, 0.1) is 6.21 Å². The molecule has 0 fully saturated rings. The van der Waals surface area contributed by atoms with Gasteiger partial charge in [0.15, 0.2) is 23.3 Å². The van der Waals surface area contributed by atoms with E-state index in [-0.39, 0.29) is 12.4 Å². The Labute approximate surface area is 154 Å². The lowest BCUT2D eigenvalue weighted by molar-refractivity contribution is -0.123. The van der Waals surface area contributed by atoms with E-state index in [1.807, 2.05) is 29.9 Å². The van der Waals surface area contributed by atoms with Gasteiger partial charge in [0, 0.05) is 28.5 Å². The number of thiazole rings is 1. The molecular formula is C18H17FN4O2S. The number of para-hydroxylation sites is 1. The van der Waals surface area contributed by atoms with Crippen molar-refractivity contribution >= 4 is 23.5 Å². The summed E-state index contributed by atoms with van der Waals surface area (Å²) in [6, 6.07) is 7.87. The van der Waals surface area contributed by atoms with E-state index in [1.165, 1.54) is 12.1 Å². The van der Waals surface area contributed by atoms with Gasteiger partial charge >= 0.3 is 0 Å². The quantitative estimate of drug-likeness (QED) is 0.534. The van der Waals surface area contributed by atoms with Gasteiger partial charge in [-0.05, 0) is 32.0 Å². The van der Waals surface area contributed by atoms with Crippen LogP contribution in [0.1, 0.15) is 17.0 Å². The third-order valence-corrected chi connectivity index (χ3v) is 4.43. The molecule has 3 rings (SSSR count). The monoisotopic (exact) mass is 372 g/mol. The fourth-order valence-electron chi connectivity index (χ4n) is 2.45. The number of ether oxygens (including phenoxy) is 1. The van der Waals surface area contributed by atoms with E-state index in [1.54, 1.807) is 35.9 Å². The lowest BCUT2D eigenvalue weighted by atomic mass is 10.3. The molecular weight excluding hydrogens is 355 g/mol. The summed E-state index contributed by atoms with van der Waals surface area (Å²) in [5.41, 5.74) is 5.23. The van der Waals surface area contributed by atoms with Crippen LogP contribution in [0.3, 0.4) is 0 Å². The average Bonchev–Trinajstić information content (AvgIpc) is 3.22. The largest absolute Gasteiger partial charge is 0.481 e. The summed E-state index contributed by atoms with van der Waals surface area (Å²) in [7, 11) is 0. The number of carbonyl (C=O) groups excluding carboxylic acids is 1. The minimum atomic E-state index is -0.515. The van der Waals surface area contributed by atoms with E-state index in [0.717, 1.165) is 22.1 Å². The number of rotatable bonds is 6. The summed E-state index contributed by atoms with van der Waals surface area (Å²) in [6.07, 6.45) is 3.32. The molecule has 0 saturated carbocycles. The highest BCUT2D eigenvalue weighted by atomic mass is 32.1. The van der Waals surface area contributed by atoms with Crippen molar-refractivity contribution in [1.82, 2.24) is 15.0 Å². The lowest BCUT2D eigenvalue weighted by Gasteiger charge is -2.05. The molecule has 1 aromatic carbocycles. The van der Waals surface area contributed by atoms with Crippen molar-refractivity contribution in [3.63, 3.8) is 0 Å². The average molecular weight is 372 g/mol. The maximum absolute atomic E-state index is 13.4. The van der Waals surface area contributed by atoms with Crippen LogP contribution < -0.4 is 10.2 Å². The second-order valence-electron chi connectivity index (χ2n) is 5.49. The minimum absolute atomic E-state index is 0.0265. The van der Waals surface area contributed by atoms with Crippen molar-refractivity contribution in [2.45, 2.75) is 13.8 Å². The van der Waals surface area contributed by atoms with Crippen LogP contribution in [0.4, 0.5) is 4.39 Å². The van der Waals surface area contributed by atoms with Gasteiger partial charge in [-0.1, -0.05) is 12.1 Å². The second kappa shape index (κ2) is 7.92. The van der Waals surface area contributed by atoms with Crippen LogP contribution in [0, 0.1) is 19.7 Å². The number of benzene rings is 1. The first kappa shape index (κ1) is 17.8. The van der Waals surface area contributed by atoms with E-state index >= 15 is 0 Å². The summed E-state index contributed by atoms with van der Waals surface area (Å²) >= 11 is 1.54. The minimum Gasteiger partial charge on any atom is -0.481 e. The normalized spacial score (nSPS) is 11.0. The molecule has 1 amide bonds. The molecule has 0 aliphatic heterocycles. The molecule has 3 aromatic rings. The van der Waals surface area contributed by atoms with Gasteiger partial charge in [-0.3, -0.25) is 9.36 Å². The van der Waals surface area contributed by atoms with Crippen molar-refractivity contribution in [2.24, 2.45) is 5.10 Å². The number of aryl methyl sites for hydroxylation is 1.